The second-order valence-electron chi connectivity index (χ2n) is 9.85. The molecule has 1 heterocycles. The van der Waals surface area contributed by atoms with Crippen LogP contribution in [0.5, 0.6) is 0 Å². The molecule has 3 unspecified atom stereocenters. The lowest BCUT2D eigenvalue weighted by Crippen LogP contribution is -2.59. The summed E-state index contributed by atoms with van der Waals surface area (Å²) < 4.78 is 0. The minimum atomic E-state index is -0.125. The van der Waals surface area contributed by atoms with Crippen LogP contribution in [0.4, 0.5) is 0 Å². The van der Waals surface area contributed by atoms with Crippen molar-refractivity contribution in [2.75, 3.05) is 19.6 Å². The van der Waals surface area contributed by atoms with Crippen molar-refractivity contribution >= 4 is 0 Å². The van der Waals surface area contributed by atoms with Gasteiger partial charge < -0.3 is 10.0 Å². The number of aliphatic hydroxyl groups is 1. The first-order valence-corrected chi connectivity index (χ1v) is 10.6. The third-order valence-electron chi connectivity index (χ3n) is 8.08. The number of aliphatic hydroxyl groups excluding tert-OH is 1. The Balaban J connectivity index is 1.41. The highest BCUT2D eigenvalue weighted by molar-refractivity contribution is 5.30. The summed E-state index contributed by atoms with van der Waals surface area (Å²) in [5.74, 6) is 1.69. The molecule has 0 aromatic heterocycles. The number of likely N-dealkylation sites (tertiary alicyclic amines) is 1. The Kier molecular flexibility index (Phi) is 3.98. The maximum Gasteiger partial charge on any atom is 0.0723 e. The van der Waals surface area contributed by atoms with Gasteiger partial charge in [-0.25, -0.2) is 0 Å². The highest BCUT2D eigenvalue weighted by Crippen LogP contribution is 2.66. The van der Waals surface area contributed by atoms with Crippen molar-refractivity contribution in [3.8, 4) is 0 Å². The van der Waals surface area contributed by atoms with Crippen LogP contribution in [0.25, 0.3) is 0 Å². The minimum absolute atomic E-state index is 0.125. The van der Waals surface area contributed by atoms with Gasteiger partial charge in [0, 0.05) is 6.54 Å². The zero-order chi connectivity index (χ0) is 16.9. The summed E-state index contributed by atoms with van der Waals surface area (Å²) in [5, 5.41) is 11.4. The molecule has 4 aliphatic carbocycles. The normalized spacial score (nSPS) is 41.8. The summed E-state index contributed by atoms with van der Waals surface area (Å²) in [7, 11) is 0. The summed E-state index contributed by atoms with van der Waals surface area (Å²) in [4.78, 5) is 2.54. The van der Waals surface area contributed by atoms with Gasteiger partial charge in [-0.1, -0.05) is 36.8 Å². The lowest BCUT2D eigenvalue weighted by atomic mass is 9.42. The molecule has 0 amide bonds. The zero-order valence-electron chi connectivity index (χ0n) is 15.5. The van der Waals surface area contributed by atoms with E-state index in [9.17, 15) is 5.11 Å². The molecule has 5 aliphatic rings. The van der Waals surface area contributed by atoms with Gasteiger partial charge in [-0.15, -0.1) is 0 Å². The lowest BCUT2D eigenvalue weighted by molar-refractivity contribution is -0.139. The number of benzene rings is 1. The van der Waals surface area contributed by atoms with Gasteiger partial charge >= 0.3 is 0 Å². The van der Waals surface area contributed by atoms with Crippen LogP contribution in [-0.2, 0) is 5.41 Å². The van der Waals surface area contributed by atoms with E-state index < -0.39 is 0 Å². The van der Waals surface area contributed by atoms with E-state index in [4.69, 9.17) is 0 Å². The van der Waals surface area contributed by atoms with Crippen LogP contribution in [0.1, 0.15) is 63.4 Å². The minimum Gasteiger partial charge on any atom is -0.391 e. The Hall–Kier alpha value is -0.860. The molecule has 5 fully saturated rings. The largest absolute Gasteiger partial charge is 0.391 e. The summed E-state index contributed by atoms with van der Waals surface area (Å²) in [6.45, 7) is 3.32. The molecule has 1 aromatic rings. The Labute approximate surface area is 152 Å². The number of piperidine rings is 1. The first-order valence-electron chi connectivity index (χ1n) is 10.6. The fraction of sp³-hybridized carbons (Fsp3) is 0.739. The van der Waals surface area contributed by atoms with Crippen LogP contribution in [0.3, 0.4) is 0 Å². The van der Waals surface area contributed by atoms with E-state index in [0.29, 0.717) is 5.41 Å². The number of nitrogens with zero attached hydrogens (tertiary/aromatic N) is 1. The lowest BCUT2D eigenvalue weighted by Gasteiger charge is -2.64. The first kappa shape index (κ1) is 16.3. The quantitative estimate of drug-likeness (QED) is 0.880. The molecular formula is C23H33NO. The van der Waals surface area contributed by atoms with Crippen LogP contribution in [-0.4, -0.2) is 35.7 Å². The predicted molar refractivity (Wildman–Crippen MR) is 102 cm³/mol. The fourth-order valence-corrected chi connectivity index (χ4v) is 7.43. The number of hydrogen-bond donors (Lipinski definition) is 1. The molecule has 6 rings (SSSR count). The number of β-amino-alcohol motifs (C(OH)–C–C–N with tert-alkyl or cyclic N) is 1. The maximum absolute atomic E-state index is 11.4. The number of rotatable bonds is 4. The molecule has 0 spiro atoms. The predicted octanol–water partition coefficient (Wildman–Crippen LogP) is 4.37. The van der Waals surface area contributed by atoms with Gasteiger partial charge in [-0.3, -0.25) is 0 Å². The highest BCUT2D eigenvalue weighted by atomic mass is 16.3. The zero-order valence-corrected chi connectivity index (χ0v) is 15.5. The molecule has 25 heavy (non-hydrogen) atoms. The van der Waals surface area contributed by atoms with Crippen LogP contribution in [0, 0.1) is 17.3 Å². The molecule has 0 radical (unpaired) electrons. The van der Waals surface area contributed by atoms with Crippen molar-refractivity contribution in [2.24, 2.45) is 17.3 Å². The fourth-order valence-electron chi connectivity index (χ4n) is 7.43. The van der Waals surface area contributed by atoms with Gasteiger partial charge in [-0.2, -0.15) is 0 Å². The molecule has 1 N–H and O–H groups in total. The second-order valence-corrected chi connectivity index (χ2v) is 9.85. The molecule has 1 aliphatic heterocycles. The van der Waals surface area contributed by atoms with E-state index in [1.54, 1.807) is 5.56 Å². The molecule has 2 heteroatoms. The van der Waals surface area contributed by atoms with E-state index in [0.717, 1.165) is 18.4 Å². The van der Waals surface area contributed by atoms with Crippen molar-refractivity contribution in [2.45, 2.75) is 69.3 Å². The van der Waals surface area contributed by atoms with E-state index in [-0.39, 0.29) is 11.5 Å². The molecule has 1 saturated heterocycles. The smallest absolute Gasteiger partial charge is 0.0723 e. The van der Waals surface area contributed by atoms with E-state index >= 15 is 0 Å². The first-order chi connectivity index (χ1) is 12.2. The Morgan fingerprint density at radius 3 is 2.32 bits per heavy atom. The van der Waals surface area contributed by atoms with Crippen molar-refractivity contribution in [1.82, 2.24) is 4.90 Å². The Morgan fingerprint density at radius 1 is 0.960 bits per heavy atom. The van der Waals surface area contributed by atoms with Crippen molar-refractivity contribution in [3.63, 3.8) is 0 Å². The summed E-state index contributed by atoms with van der Waals surface area (Å²) in [6, 6.07) is 11.3. The third-order valence-corrected chi connectivity index (χ3v) is 8.08. The maximum atomic E-state index is 11.4. The molecule has 136 valence electrons. The van der Waals surface area contributed by atoms with Crippen LogP contribution < -0.4 is 0 Å². The summed E-state index contributed by atoms with van der Waals surface area (Å²) in [6.07, 6.45) is 11.8. The SMILES string of the molecule is OC(CN1CCCCC1)C12CC3CC(CC(c4ccccc4)(C3)C1)C2. The summed E-state index contributed by atoms with van der Waals surface area (Å²) in [5.41, 5.74) is 2.10. The topological polar surface area (TPSA) is 23.5 Å². The van der Waals surface area contributed by atoms with Gasteiger partial charge in [0.05, 0.1) is 6.10 Å². The molecular weight excluding hydrogens is 306 g/mol. The van der Waals surface area contributed by atoms with Gasteiger partial charge in [0.1, 0.15) is 0 Å². The van der Waals surface area contributed by atoms with Gasteiger partial charge in [-0.05, 0) is 92.7 Å². The van der Waals surface area contributed by atoms with E-state index in [2.05, 4.69) is 35.2 Å². The van der Waals surface area contributed by atoms with Gasteiger partial charge in [0.15, 0.2) is 0 Å². The molecule has 4 bridgehead atoms. The van der Waals surface area contributed by atoms with Gasteiger partial charge in [0.2, 0.25) is 0 Å². The van der Waals surface area contributed by atoms with Crippen LogP contribution >= 0.6 is 0 Å². The van der Waals surface area contributed by atoms with E-state index in [1.165, 1.54) is 70.9 Å². The average molecular weight is 340 g/mol. The highest BCUT2D eigenvalue weighted by Gasteiger charge is 2.60. The van der Waals surface area contributed by atoms with Crippen molar-refractivity contribution < 1.29 is 5.11 Å². The third kappa shape index (κ3) is 2.77. The average Bonchev–Trinajstić information content (AvgIpc) is 2.62. The Morgan fingerprint density at radius 2 is 1.64 bits per heavy atom. The van der Waals surface area contributed by atoms with Crippen LogP contribution in [0.2, 0.25) is 0 Å². The van der Waals surface area contributed by atoms with Crippen molar-refractivity contribution in [1.29, 1.82) is 0 Å². The molecule has 1 aromatic carbocycles. The number of hydrogen-bond acceptors (Lipinski definition) is 2. The van der Waals surface area contributed by atoms with Crippen molar-refractivity contribution in [3.05, 3.63) is 35.9 Å². The molecule has 3 atom stereocenters. The van der Waals surface area contributed by atoms with E-state index in [1.807, 2.05) is 0 Å². The molecule has 2 nitrogen and oxygen atoms in total. The summed E-state index contributed by atoms with van der Waals surface area (Å²) >= 11 is 0. The van der Waals surface area contributed by atoms with Gasteiger partial charge in [0.25, 0.3) is 0 Å². The monoisotopic (exact) mass is 339 g/mol. The molecule has 4 saturated carbocycles. The second kappa shape index (κ2) is 6.09. The van der Waals surface area contributed by atoms with Crippen LogP contribution in [0.15, 0.2) is 30.3 Å². The Bertz CT molecular complexity index is 592. The standard InChI is InChI=1S/C23H33NO/c25-21(16-24-9-5-2-6-10-24)23-14-18-11-19(15-23)13-22(12-18,17-23)20-7-3-1-4-8-20/h1,3-4,7-8,18-19,21,25H,2,5-6,9-17H2.